The van der Waals surface area contributed by atoms with E-state index < -0.39 is 0 Å². The molecular formula is C9H21NO. The van der Waals surface area contributed by atoms with Gasteiger partial charge in [0, 0.05) is 18.7 Å². The fraction of sp³-hybridized carbons (Fsp3) is 1.00. The first-order chi connectivity index (χ1) is 4.88. The van der Waals surface area contributed by atoms with Crippen LogP contribution in [0.2, 0.25) is 0 Å². The van der Waals surface area contributed by atoms with Crippen LogP contribution < -0.4 is 0 Å². The van der Waals surface area contributed by atoms with Gasteiger partial charge in [-0.05, 0) is 33.7 Å². The number of nitrogens with zero attached hydrogens (tertiary/aromatic N) is 1. The molecule has 0 rings (SSSR count). The van der Waals surface area contributed by atoms with Crippen LogP contribution in [0.15, 0.2) is 0 Å². The zero-order valence-corrected chi connectivity index (χ0v) is 8.39. The summed E-state index contributed by atoms with van der Waals surface area (Å²) in [4.78, 5) is 2.26. The fourth-order valence-electron chi connectivity index (χ4n) is 0.799. The third kappa shape index (κ3) is 4.38. The van der Waals surface area contributed by atoms with Gasteiger partial charge in [0.05, 0.1) is 0 Å². The molecule has 0 saturated heterocycles. The van der Waals surface area contributed by atoms with Crippen molar-refractivity contribution in [3.05, 3.63) is 0 Å². The van der Waals surface area contributed by atoms with Gasteiger partial charge in [0.25, 0.3) is 0 Å². The summed E-state index contributed by atoms with van der Waals surface area (Å²) in [7, 11) is 2.09. The molecular weight excluding hydrogens is 138 g/mol. The molecule has 0 amide bonds. The van der Waals surface area contributed by atoms with E-state index in [0.717, 1.165) is 6.54 Å². The van der Waals surface area contributed by atoms with Crippen molar-refractivity contribution < 1.29 is 5.11 Å². The van der Waals surface area contributed by atoms with Crippen LogP contribution in [0.5, 0.6) is 0 Å². The van der Waals surface area contributed by atoms with Crippen molar-refractivity contribution in [2.24, 2.45) is 5.92 Å². The van der Waals surface area contributed by atoms with Crippen molar-refractivity contribution in [3.63, 3.8) is 0 Å². The minimum atomic E-state index is 0.212. The Labute approximate surface area is 70.2 Å². The molecule has 0 fully saturated rings. The normalized spacial score (nSPS) is 15.5. The van der Waals surface area contributed by atoms with Crippen molar-refractivity contribution in [1.29, 1.82) is 0 Å². The zero-order chi connectivity index (χ0) is 9.07. The molecule has 11 heavy (non-hydrogen) atoms. The van der Waals surface area contributed by atoms with E-state index in [0.29, 0.717) is 5.92 Å². The predicted molar refractivity (Wildman–Crippen MR) is 48.6 cm³/mol. The van der Waals surface area contributed by atoms with Crippen LogP contribution >= 0.6 is 0 Å². The summed E-state index contributed by atoms with van der Waals surface area (Å²) in [6, 6.07) is 0. The molecule has 0 aromatic rings. The lowest BCUT2D eigenvalue weighted by Gasteiger charge is -2.33. The lowest BCUT2D eigenvalue weighted by Crippen LogP contribution is -2.41. The van der Waals surface area contributed by atoms with Crippen molar-refractivity contribution >= 4 is 0 Å². The van der Waals surface area contributed by atoms with Gasteiger partial charge in [-0.25, -0.2) is 0 Å². The highest BCUT2D eigenvalue weighted by Gasteiger charge is 2.18. The maximum Gasteiger partial charge on any atom is 0.0468 e. The molecule has 1 N–H and O–H groups in total. The van der Waals surface area contributed by atoms with E-state index in [9.17, 15) is 0 Å². The average Bonchev–Trinajstić information content (AvgIpc) is 1.85. The summed E-state index contributed by atoms with van der Waals surface area (Å²) >= 11 is 0. The number of rotatable bonds is 3. The highest BCUT2D eigenvalue weighted by molar-refractivity contribution is 4.73. The summed E-state index contributed by atoms with van der Waals surface area (Å²) in [5, 5.41) is 8.82. The van der Waals surface area contributed by atoms with Crippen LogP contribution in [0.25, 0.3) is 0 Å². The van der Waals surface area contributed by atoms with E-state index in [4.69, 9.17) is 5.11 Å². The number of hydrogen-bond donors (Lipinski definition) is 1. The van der Waals surface area contributed by atoms with Gasteiger partial charge in [-0.2, -0.15) is 0 Å². The van der Waals surface area contributed by atoms with Gasteiger partial charge >= 0.3 is 0 Å². The van der Waals surface area contributed by atoms with Crippen LogP contribution in [0.4, 0.5) is 0 Å². The lowest BCUT2D eigenvalue weighted by molar-refractivity contribution is 0.124. The molecule has 68 valence electrons. The Morgan fingerprint density at radius 1 is 1.36 bits per heavy atom. The minimum Gasteiger partial charge on any atom is -0.396 e. The van der Waals surface area contributed by atoms with Gasteiger partial charge in [-0.3, -0.25) is 0 Å². The number of aliphatic hydroxyl groups is 1. The van der Waals surface area contributed by atoms with Crippen molar-refractivity contribution in [3.8, 4) is 0 Å². The maximum absolute atomic E-state index is 8.82. The second-order valence-corrected chi connectivity index (χ2v) is 4.34. The second-order valence-electron chi connectivity index (χ2n) is 4.34. The molecule has 1 atom stereocenters. The highest BCUT2D eigenvalue weighted by atomic mass is 16.3. The van der Waals surface area contributed by atoms with Crippen molar-refractivity contribution in [2.75, 3.05) is 20.2 Å². The summed E-state index contributed by atoms with van der Waals surface area (Å²) in [6.07, 6.45) is 0. The van der Waals surface area contributed by atoms with Gasteiger partial charge < -0.3 is 10.0 Å². The van der Waals surface area contributed by atoms with E-state index in [1.165, 1.54) is 0 Å². The Balaban J connectivity index is 3.77. The van der Waals surface area contributed by atoms with Crippen LogP contribution in [-0.2, 0) is 0 Å². The first-order valence-electron chi connectivity index (χ1n) is 4.20. The third-order valence-electron chi connectivity index (χ3n) is 2.04. The molecule has 0 aromatic carbocycles. The second kappa shape index (κ2) is 4.07. The Hall–Kier alpha value is -0.0800. The fourth-order valence-corrected chi connectivity index (χ4v) is 0.799. The van der Waals surface area contributed by atoms with E-state index in [2.05, 4.69) is 39.6 Å². The van der Waals surface area contributed by atoms with E-state index >= 15 is 0 Å². The van der Waals surface area contributed by atoms with E-state index in [1.807, 2.05) is 0 Å². The molecule has 0 radical (unpaired) electrons. The largest absolute Gasteiger partial charge is 0.396 e. The average molecular weight is 159 g/mol. The van der Waals surface area contributed by atoms with Crippen LogP contribution in [0, 0.1) is 5.92 Å². The quantitative estimate of drug-likeness (QED) is 0.672. The van der Waals surface area contributed by atoms with Crippen LogP contribution in [0.1, 0.15) is 27.7 Å². The molecule has 2 nitrogen and oxygen atoms in total. The first-order valence-corrected chi connectivity index (χ1v) is 4.20. The molecule has 0 bridgehead atoms. The third-order valence-corrected chi connectivity index (χ3v) is 2.04. The highest BCUT2D eigenvalue weighted by Crippen LogP contribution is 2.11. The summed E-state index contributed by atoms with van der Waals surface area (Å²) in [6.45, 7) is 9.83. The van der Waals surface area contributed by atoms with Gasteiger partial charge in [0.15, 0.2) is 0 Å². The van der Waals surface area contributed by atoms with E-state index in [1.54, 1.807) is 0 Å². The molecule has 0 aliphatic carbocycles. The number of aliphatic hydroxyl groups excluding tert-OH is 1. The zero-order valence-electron chi connectivity index (χ0n) is 8.39. The molecule has 0 spiro atoms. The van der Waals surface area contributed by atoms with E-state index in [-0.39, 0.29) is 12.1 Å². The van der Waals surface area contributed by atoms with Crippen LogP contribution in [-0.4, -0.2) is 35.7 Å². The molecule has 0 unspecified atom stereocenters. The van der Waals surface area contributed by atoms with Crippen LogP contribution in [0.3, 0.4) is 0 Å². The SMILES string of the molecule is C[C@@H](CO)CN(C)C(C)(C)C. The standard InChI is InChI=1S/C9H21NO/c1-8(7-11)6-10(5)9(2,3)4/h8,11H,6-7H2,1-5H3/t8-/m1/s1. The topological polar surface area (TPSA) is 23.5 Å². The van der Waals surface area contributed by atoms with Gasteiger partial charge in [-0.15, -0.1) is 0 Å². The smallest absolute Gasteiger partial charge is 0.0468 e. The number of hydrogen-bond acceptors (Lipinski definition) is 2. The minimum absolute atomic E-state index is 0.212. The molecule has 2 heteroatoms. The summed E-state index contributed by atoms with van der Waals surface area (Å²) < 4.78 is 0. The molecule has 0 aromatic heterocycles. The maximum atomic E-state index is 8.82. The molecule has 0 aliphatic rings. The predicted octanol–water partition coefficient (Wildman–Crippen LogP) is 1.35. The Kier molecular flexibility index (Phi) is 4.04. The van der Waals surface area contributed by atoms with Gasteiger partial charge in [-0.1, -0.05) is 6.92 Å². The van der Waals surface area contributed by atoms with Gasteiger partial charge in [0.1, 0.15) is 0 Å². The first kappa shape index (κ1) is 10.9. The van der Waals surface area contributed by atoms with Crippen molar-refractivity contribution in [2.45, 2.75) is 33.2 Å². The molecule has 0 heterocycles. The Morgan fingerprint density at radius 3 is 2.09 bits per heavy atom. The Morgan fingerprint density at radius 2 is 1.82 bits per heavy atom. The van der Waals surface area contributed by atoms with Crippen molar-refractivity contribution in [1.82, 2.24) is 4.90 Å². The molecule has 0 aliphatic heterocycles. The summed E-state index contributed by atoms with van der Waals surface area (Å²) in [5.41, 5.74) is 0.212. The Bertz CT molecular complexity index is 107. The summed E-state index contributed by atoms with van der Waals surface area (Å²) in [5.74, 6) is 0.374. The molecule has 0 saturated carbocycles. The van der Waals surface area contributed by atoms with Gasteiger partial charge in [0.2, 0.25) is 0 Å². The monoisotopic (exact) mass is 159 g/mol. The lowest BCUT2D eigenvalue weighted by atomic mass is 10.0.